The van der Waals surface area contributed by atoms with Crippen molar-refractivity contribution in [2.45, 2.75) is 44.4 Å². The molecule has 1 unspecified atom stereocenters. The monoisotopic (exact) mass is 539 g/mol. The smallest absolute Gasteiger partial charge is 0.334 e. The van der Waals surface area contributed by atoms with Crippen molar-refractivity contribution >= 4 is 17.8 Å². The van der Waals surface area contributed by atoms with E-state index in [0.29, 0.717) is 19.5 Å². The Hall–Kier alpha value is -4.17. The minimum atomic E-state index is -0.666. The summed E-state index contributed by atoms with van der Waals surface area (Å²) in [6.07, 6.45) is 2.57. The van der Waals surface area contributed by atoms with Crippen LogP contribution in [0.25, 0.3) is 0 Å². The van der Waals surface area contributed by atoms with Gasteiger partial charge in [0.05, 0.1) is 13.1 Å². The van der Waals surface area contributed by atoms with Crippen molar-refractivity contribution in [1.82, 2.24) is 25.1 Å². The summed E-state index contributed by atoms with van der Waals surface area (Å²) in [5.41, 5.74) is 3.25. The van der Waals surface area contributed by atoms with Gasteiger partial charge in [0, 0.05) is 26.6 Å². The molecular formula is C32H37N5O3. The summed E-state index contributed by atoms with van der Waals surface area (Å²) in [5.74, 6) is -0.194. The highest BCUT2D eigenvalue weighted by Gasteiger charge is 2.50. The lowest BCUT2D eigenvalue weighted by molar-refractivity contribution is -0.186. The summed E-state index contributed by atoms with van der Waals surface area (Å²) in [7, 11) is 1.75. The van der Waals surface area contributed by atoms with Crippen LogP contribution in [-0.4, -0.2) is 76.6 Å². The highest BCUT2D eigenvalue weighted by Crippen LogP contribution is 2.28. The van der Waals surface area contributed by atoms with Gasteiger partial charge in [0.25, 0.3) is 0 Å². The molecule has 2 heterocycles. The molecule has 2 atom stereocenters. The first-order valence-corrected chi connectivity index (χ1v) is 14.0. The van der Waals surface area contributed by atoms with Crippen molar-refractivity contribution in [2.24, 2.45) is 0 Å². The van der Waals surface area contributed by atoms with Gasteiger partial charge in [0.2, 0.25) is 11.8 Å². The lowest BCUT2D eigenvalue weighted by Gasteiger charge is -2.54. The normalized spacial score (nSPS) is 19.5. The second kappa shape index (κ2) is 12.8. The van der Waals surface area contributed by atoms with E-state index in [-0.39, 0.29) is 30.9 Å². The number of nitrogens with one attached hydrogen (secondary N) is 1. The molecule has 3 aromatic rings. The molecular weight excluding hydrogens is 502 g/mol. The largest absolute Gasteiger partial charge is 0.337 e. The lowest BCUT2D eigenvalue weighted by atomic mass is 9.98. The second-order valence-electron chi connectivity index (χ2n) is 10.5. The number of hydrogen-bond donors (Lipinski definition) is 1. The first kappa shape index (κ1) is 27.4. The molecule has 1 N–H and O–H groups in total. The fraction of sp³-hybridized carbons (Fsp3) is 0.344. The summed E-state index contributed by atoms with van der Waals surface area (Å²) in [6, 6.07) is 28.9. The standard InChI is InChI=1S/C32H37N5O3/c1-34-24-30(38)36-28(21-26-16-7-3-8-17-26)31(39)35(20-12-11-15-25-13-5-2-6-14-25)23-29(36)37(34)32(40)33-22-27-18-9-4-10-19-27/h2-10,13-14,16-19,28-29H,11-12,15,20-24H2,1H3,(H,33,40)/t28?,29-/m0/s1. The maximum absolute atomic E-state index is 13.9. The van der Waals surface area contributed by atoms with Crippen LogP contribution >= 0.6 is 0 Å². The number of rotatable bonds is 9. The Morgan fingerprint density at radius 1 is 0.825 bits per heavy atom. The van der Waals surface area contributed by atoms with Crippen molar-refractivity contribution in [3.05, 3.63) is 108 Å². The van der Waals surface area contributed by atoms with Crippen LogP contribution in [0.2, 0.25) is 0 Å². The van der Waals surface area contributed by atoms with E-state index in [1.807, 2.05) is 83.8 Å². The van der Waals surface area contributed by atoms with E-state index in [1.165, 1.54) is 5.56 Å². The molecule has 0 radical (unpaired) electrons. The Kier molecular flexibility index (Phi) is 8.76. The number of benzene rings is 3. The topological polar surface area (TPSA) is 76.2 Å². The summed E-state index contributed by atoms with van der Waals surface area (Å²) in [5, 5.41) is 6.30. The number of carbonyl (C=O) groups excluding carboxylic acids is 3. The van der Waals surface area contributed by atoms with Gasteiger partial charge in [-0.2, -0.15) is 0 Å². The number of nitrogens with zero attached hydrogens (tertiary/aromatic N) is 4. The average molecular weight is 540 g/mol. The maximum atomic E-state index is 13.9. The zero-order chi connectivity index (χ0) is 27.9. The van der Waals surface area contributed by atoms with Crippen LogP contribution in [0.15, 0.2) is 91.0 Å². The molecule has 8 nitrogen and oxygen atoms in total. The molecule has 0 aromatic heterocycles. The average Bonchev–Trinajstić information content (AvgIpc) is 2.97. The second-order valence-corrected chi connectivity index (χ2v) is 10.5. The Morgan fingerprint density at radius 3 is 2.08 bits per heavy atom. The molecule has 0 saturated carbocycles. The van der Waals surface area contributed by atoms with Crippen molar-refractivity contribution in [2.75, 3.05) is 26.7 Å². The van der Waals surface area contributed by atoms with Crippen LogP contribution < -0.4 is 5.32 Å². The van der Waals surface area contributed by atoms with E-state index in [4.69, 9.17) is 0 Å². The van der Waals surface area contributed by atoms with Gasteiger partial charge in [0.1, 0.15) is 12.2 Å². The maximum Gasteiger partial charge on any atom is 0.334 e. The van der Waals surface area contributed by atoms with Gasteiger partial charge in [-0.1, -0.05) is 91.0 Å². The van der Waals surface area contributed by atoms with E-state index in [9.17, 15) is 14.4 Å². The predicted octanol–water partition coefficient (Wildman–Crippen LogP) is 3.69. The van der Waals surface area contributed by atoms with Crippen LogP contribution in [0.3, 0.4) is 0 Å². The van der Waals surface area contributed by atoms with Crippen LogP contribution in [0, 0.1) is 0 Å². The van der Waals surface area contributed by atoms with Gasteiger partial charge in [-0.15, -0.1) is 0 Å². The van der Waals surface area contributed by atoms with Crippen LogP contribution in [-0.2, 0) is 29.0 Å². The van der Waals surface area contributed by atoms with Crippen LogP contribution in [0.5, 0.6) is 0 Å². The molecule has 2 saturated heterocycles. The number of hydrogen-bond acceptors (Lipinski definition) is 4. The van der Waals surface area contributed by atoms with Gasteiger partial charge in [-0.25, -0.2) is 14.8 Å². The van der Waals surface area contributed by atoms with Crippen molar-refractivity contribution < 1.29 is 14.4 Å². The number of unbranched alkanes of at least 4 members (excludes halogenated alkanes) is 1. The molecule has 0 spiro atoms. The first-order chi connectivity index (χ1) is 19.5. The predicted molar refractivity (Wildman–Crippen MR) is 154 cm³/mol. The minimum absolute atomic E-state index is 0.0326. The van der Waals surface area contributed by atoms with E-state index >= 15 is 0 Å². The number of hydrazine groups is 1. The molecule has 2 aliphatic rings. The number of urea groups is 1. The molecule has 3 aromatic carbocycles. The highest BCUT2D eigenvalue weighted by molar-refractivity contribution is 5.91. The zero-order valence-electron chi connectivity index (χ0n) is 23.0. The number of fused-ring (bicyclic) bond motifs is 1. The first-order valence-electron chi connectivity index (χ1n) is 14.0. The number of piperazine rings is 1. The van der Waals surface area contributed by atoms with E-state index in [0.717, 1.165) is 30.4 Å². The van der Waals surface area contributed by atoms with Crippen LogP contribution in [0.1, 0.15) is 29.5 Å². The Morgan fingerprint density at radius 2 is 1.43 bits per heavy atom. The van der Waals surface area contributed by atoms with Gasteiger partial charge in [-0.3, -0.25) is 9.59 Å². The highest BCUT2D eigenvalue weighted by atomic mass is 16.2. The van der Waals surface area contributed by atoms with Gasteiger partial charge >= 0.3 is 6.03 Å². The minimum Gasteiger partial charge on any atom is -0.337 e. The third-order valence-corrected chi connectivity index (χ3v) is 7.69. The van der Waals surface area contributed by atoms with E-state index in [1.54, 1.807) is 22.0 Å². The van der Waals surface area contributed by atoms with Crippen molar-refractivity contribution in [3.63, 3.8) is 0 Å². The van der Waals surface area contributed by atoms with Gasteiger partial charge in [-0.05, 0) is 36.0 Å². The fourth-order valence-corrected chi connectivity index (χ4v) is 5.67. The third kappa shape index (κ3) is 6.34. The number of likely N-dealkylation sites (N-methyl/N-ethyl adjacent to an activating group) is 1. The Balaban J connectivity index is 1.35. The quantitative estimate of drug-likeness (QED) is 0.421. The van der Waals surface area contributed by atoms with Gasteiger partial charge in [0.15, 0.2) is 0 Å². The molecule has 2 aliphatic heterocycles. The molecule has 40 heavy (non-hydrogen) atoms. The molecule has 0 aliphatic carbocycles. The molecule has 8 heteroatoms. The van der Waals surface area contributed by atoms with E-state index in [2.05, 4.69) is 17.4 Å². The number of carbonyl (C=O) groups is 3. The molecule has 0 bridgehead atoms. The number of amides is 4. The summed E-state index contributed by atoms with van der Waals surface area (Å²) < 4.78 is 0. The molecule has 4 amide bonds. The van der Waals surface area contributed by atoms with Crippen molar-refractivity contribution in [1.29, 1.82) is 0 Å². The summed E-state index contributed by atoms with van der Waals surface area (Å²) >= 11 is 0. The summed E-state index contributed by atoms with van der Waals surface area (Å²) in [4.78, 5) is 44.3. The fourth-order valence-electron chi connectivity index (χ4n) is 5.67. The van der Waals surface area contributed by atoms with Gasteiger partial charge < -0.3 is 15.1 Å². The third-order valence-electron chi connectivity index (χ3n) is 7.69. The SMILES string of the molecule is CN1CC(=O)N2C(Cc3ccccc3)C(=O)N(CCCCc3ccccc3)C[C@@H]2N1C(=O)NCc1ccccc1. The molecule has 208 valence electrons. The van der Waals surface area contributed by atoms with Crippen LogP contribution in [0.4, 0.5) is 4.79 Å². The van der Waals surface area contributed by atoms with Crippen molar-refractivity contribution in [3.8, 4) is 0 Å². The molecule has 5 rings (SSSR count). The summed E-state index contributed by atoms with van der Waals surface area (Å²) in [6.45, 7) is 1.27. The molecule has 2 fully saturated rings. The number of aryl methyl sites for hydroxylation is 1. The lowest BCUT2D eigenvalue weighted by Crippen LogP contribution is -2.76. The Bertz CT molecular complexity index is 1290. The Labute approximate surface area is 236 Å². The zero-order valence-corrected chi connectivity index (χ0v) is 23.0. The van der Waals surface area contributed by atoms with E-state index < -0.39 is 12.2 Å².